The fourth-order valence-electron chi connectivity index (χ4n) is 11.5. The number of fused-ring (bicyclic) bond motifs is 9. The summed E-state index contributed by atoms with van der Waals surface area (Å²) in [7, 11) is 0. The second kappa shape index (κ2) is 32.8. The number of nitrogens with one attached hydrogen (secondary N) is 1. The molecule has 7 heteroatoms. The highest BCUT2D eigenvalue weighted by atomic mass is 32.2. The number of aryl methyl sites for hydroxylation is 3. The van der Waals surface area contributed by atoms with Gasteiger partial charge in [0.05, 0.1) is 0 Å². The van der Waals surface area contributed by atoms with Crippen LogP contribution in [0.5, 0.6) is 0 Å². The summed E-state index contributed by atoms with van der Waals surface area (Å²) >= 11 is 11.7. The van der Waals surface area contributed by atoms with Gasteiger partial charge in [-0.05, 0) is 170 Å². The molecule has 1 N–H and O–H groups in total. The minimum absolute atomic E-state index is 0.815. The van der Waals surface area contributed by atoms with Crippen molar-refractivity contribution in [2.24, 2.45) is 29.6 Å². The van der Waals surface area contributed by atoms with Crippen LogP contribution in [-0.4, -0.2) is 28.3 Å². The number of benzene rings is 6. The summed E-state index contributed by atoms with van der Waals surface area (Å²) in [5, 5.41) is 14.6. The quantitative estimate of drug-likeness (QED) is 0.162. The van der Waals surface area contributed by atoms with E-state index in [1.165, 1.54) is 139 Å². The average Bonchev–Trinajstić information content (AvgIpc) is 4.38. The van der Waals surface area contributed by atoms with E-state index in [1.807, 2.05) is 23.5 Å². The van der Waals surface area contributed by atoms with Gasteiger partial charge < -0.3 is 5.32 Å². The highest BCUT2D eigenvalue weighted by molar-refractivity contribution is 8.00. The first-order valence-corrected chi connectivity index (χ1v) is 35.6. The van der Waals surface area contributed by atoms with Crippen molar-refractivity contribution in [3.8, 4) is 0 Å². The molecule has 6 unspecified atom stereocenters. The van der Waals surface area contributed by atoms with Gasteiger partial charge in [-0.3, -0.25) is 0 Å². The van der Waals surface area contributed by atoms with E-state index < -0.39 is 0 Å². The molecule has 6 atom stereocenters. The molecule has 416 valence electrons. The van der Waals surface area contributed by atoms with Crippen LogP contribution in [0.3, 0.4) is 0 Å². The Morgan fingerprint density at radius 2 is 0.889 bits per heavy atom. The predicted octanol–water partition coefficient (Wildman–Crippen LogP) is 20.9. The Bertz CT molecular complexity index is 2790. The lowest BCUT2D eigenvalue weighted by Crippen LogP contribution is -2.08. The first-order chi connectivity index (χ1) is 40.2. The van der Waals surface area contributed by atoms with Gasteiger partial charge in [-0.15, -0.1) is 23.1 Å². The Labute approximate surface area is 510 Å². The standard InChI is InChI=1S/C9H12.C9H10.C8H9N.C8H10S.C8H8S.C8H6S.C8H10S.C8H8S.C8H6S/c2*1-2-5-9-7-3-6-8(9)4-1;4*1-2-4-8-6-9-5-7(8)3-1;3*1-2-4-8-7(3-1)5-6-9-8/h1-2,4-5,8-9H,3,6-7H2;1-2,4-5H,3,6-7H2;1-4,9H,5-6H2;1-4,7-8H,5-6H2;1-4H,5-6H2;1-6H;1-4,7-8H,5-6H2;1-4H,5-6H2;1-6H. The van der Waals surface area contributed by atoms with Gasteiger partial charge in [-0.25, -0.2) is 0 Å². The molecule has 81 heavy (non-hydrogen) atoms. The Morgan fingerprint density at radius 3 is 1.48 bits per heavy atom. The third-order valence-electron chi connectivity index (χ3n) is 16.1. The van der Waals surface area contributed by atoms with Gasteiger partial charge in [0.25, 0.3) is 0 Å². The van der Waals surface area contributed by atoms with Gasteiger partial charge in [-0.1, -0.05) is 213 Å². The SMILES string of the molecule is C1=CC2CCCC2C=C1.C1=CC2CCSC2C=C1.C1=CC2CSCC2C=C1.c1ccc2c(c1)CCC2.c1ccc2c(c1)CCS2.c1ccc2c(c1)CNC2.c1ccc2c(c1)CSC2.c1ccc2cscc2c1.c1ccc2sccc2c1. The summed E-state index contributed by atoms with van der Waals surface area (Å²) in [6.07, 6.45) is 38.0. The van der Waals surface area contributed by atoms with Crippen molar-refractivity contribution in [1.29, 1.82) is 0 Å². The van der Waals surface area contributed by atoms with Crippen LogP contribution < -0.4 is 5.32 Å². The number of rotatable bonds is 0. The lowest BCUT2D eigenvalue weighted by Gasteiger charge is -2.13. The van der Waals surface area contributed by atoms with Crippen molar-refractivity contribution in [3.05, 3.63) is 280 Å². The molecular weight excluding hydrogens is 1100 g/mol. The highest BCUT2D eigenvalue weighted by Gasteiger charge is 2.25. The fourth-order valence-corrected chi connectivity index (χ4v) is 18.0. The summed E-state index contributed by atoms with van der Waals surface area (Å²) < 4.78 is 1.37. The monoisotopic (exact) mass is 1170 g/mol. The van der Waals surface area contributed by atoms with Gasteiger partial charge in [0.15, 0.2) is 0 Å². The molecule has 7 heterocycles. The molecule has 1 nitrogen and oxygen atoms in total. The van der Waals surface area contributed by atoms with Crippen LogP contribution >= 0.6 is 69.7 Å². The predicted molar refractivity (Wildman–Crippen MR) is 366 cm³/mol. The minimum Gasteiger partial charge on any atom is -0.309 e. The molecule has 3 fully saturated rings. The Balaban J connectivity index is 0.000000102. The zero-order valence-corrected chi connectivity index (χ0v) is 51.7. The number of thioether (sulfide) groups is 4. The molecule has 0 amide bonds. The fraction of sp³-hybridized carbons (Fsp3) is 0.297. The van der Waals surface area contributed by atoms with Crippen LogP contribution in [0.2, 0.25) is 0 Å². The zero-order valence-electron chi connectivity index (χ0n) is 46.8. The van der Waals surface area contributed by atoms with Gasteiger partial charge in [0.2, 0.25) is 0 Å². The summed E-state index contributed by atoms with van der Waals surface area (Å²) in [5.74, 6) is 12.1. The summed E-state index contributed by atoms with van der Waals surface area (Å²) in [6.45, 7) is 2.10. The maximum Gasteiger partial charge on any atom is 0.0342 e. The Hall–Kier alpha value is -4.96. The van der Waals surface area contributed by atoms with E-state index in [4.69, 9.17) is 0 Å². The van der Waals surface area contributed by atoms with E-state index in [0.29, 0.717) is 0 Å². The highest BCUT2D eigenvalue weighted by Crippen LogP contribution is 2.37. The average molecular weight is 1170 g/mol. The molecule has 2 saturated heterocycles. The Morgan fingerprint density at radius 1 is 0.383 bits per heavy atom. The van der Waals surface area contributed by atoms with E-state index in [2.05, 4.69) is 270 Å². The molecule has 6 aromatic carbocycles. The van der Waals surface area contributed by atoms with Crippen molar-refractivity contribution in [2.75, 3.05) is 23.0 Å². The summed E-state index contributed by atoms with van der Waals surface area (Å²) in [4.78, 5) is 1.48. The van der Waals surface area contributed by atoms with Gasteiger partial charge in [0.1, 0.15) is 0 Å². The van der Waals surface area contributed by atoms with Gasteiger partial charge in [0, 0.05) is 56.7 Å². The number of hydrogen-bond acceptors (Lipinski definition) is 7. The second-order valence-electron chi connectivity index (χ2n) is 21.6. The number of hydrogen-bond donors (Lipinski definition) is 1. The van der Waals surface area contributed by atoms with Crippen LogP contribution in [0.25, 0.3) is 20.9 Å². The van der Waals surface area contributed by atoms with Crippen LogP contribution in [0.4, 0.5) is 0 Å². The smallest absolute Gasteiger partial charge is 0.0342 e. The van der Waals surface area contributed by atoms with E-state index >= 15 is 0 Å². The lowest BCUT2D eigenvalue weighted by molar-refractivity contribution is 0.552. The Kier molecular flexibility index (Phi) is 24.0. The summed E-state index contributed by atoms with van der Waals surface area (Å²) in [6, 6.07) is 53.5. The summed E-state index contributed by atoms with van der Waals surface area (Å²) in [5.41, 5.74) is 10.6. The van der Waals surface area contributed by atoms with Crippen LogP contribution in [0.15, 0.2) is 246 Å². The molecule has 0 radical (unpaired) electrons. The minimum atomic E-state index is 0.815. The molecule has 5 aliphatic carbocycles. The van der Waals surface area contributed by atoms with E-state index in [-0.39, 0.29) is 0 Å². The second-order valence-corrected chi connectivity index (χ2v) is 27.8. The van der Waals surface area contributed by atoms with Gasteiger partial charge >= 0.3 is 0 Å². The van der Waals surface area contributed by atoms with Gasteiger partial charge in [-0.2, -0.15) is 46.6 Å². The largest absolute Gasteiger partial charge is 0.309 e. The molecule has 0 spiro atoms. The van der Waals surface area contributed by atoms with E-state index in [0.717, 1.165) is 47.9 Å². The zero-order chi connectivity index (χ0) is 54.9. The first-order valence-electron chi connectivity index (χ1n) is 29.5. The number of allylic oxidation sites excluding steroid dienone is 11. The maximum atomic E-state index is 3.29. The third-order valence-corrected chi connectivity index (χ3v) is 22.6. The topological polar surface area (TPSA) is 12.0 Å². The van der Waals surface area contributed by atoms with Crippen molar-refractivity contribution < 1.29 is 0 Å². The van der Waals surface area contributed by atoms with E-state index in [9.17, 15) is 0 Å². The normalized spacial score (nSPS) is 22.2. The molecule has 5 aliphatic heterocycles. The van der Waals surface area contributed by atoms with Crippen LogP contribution in [0, 0.1) is 29.6 Å². The molecule has 18 rings (SSSR count). The molecule has 2 aromatic heterocycles. The maximum absolute atomic E-state index is 3.29. The number of thiophene rings is 2. The van der Waals surface area contributed by atoms with E-state index in [1.54, 1.807) is 33.8 Å². The third kappa shape index (κ3) is 18.3. The van der Waals surface area contributed by atoms with Crippen molar-refractivity contribution in [1.82, 2.24) is 5.32 Å². The molecular formula is C74H79NS6. The molecule has 1 saturated carbocycles. The molecule has 0 bridgehead atoms. The molecule has 10 aliphatic rings. The molecule has 8 aromatic rings. The van der Waals surface area contributed by atoms with Crippen LogP contribution in [0.1, 0.15) is 71.0 Å². The van der Waals surface area contributed by atoms with Crippen molar-refractivity contribution in [3.63, 3.8) is 0 Å². The van der Waals surface area contributed by atoms with Crippen molar-refractivity contribution in [2.45, 2.75) is 86.1 Å². The van der Waals surface area contributed by atoms with Crippen molar-refractivity contribution >= 4 is 90.6 Å². The first kappa shape index (κ1) is 59.2. The lowest BCUT2D eigenvalue weighted by atomic mass is 9.92. The van der Waals surface area contributed by atoms with Crippen LogP contribution in [-0.2, 0) is 43.9 Å².